The molecule has 6 nitrogen and oxygen atoms in total. The molecule has 1 aliphatic heterocycles. The van der Waals surface area contributed by atoms with Crippen molar-refractivity contribution in [1.29, 1.82) is 0 Å². The number of hydrogen-bond acceptors (Lipinski definition) is 4. The summed E-state index contributed by atoms with van der Waals surface area (Å²) in [5, 5.41) is 2.83. The molecule has 0 spiro atoms. The molecule has 4 N–H and O–H groups in total. The van der Waals surface area contributed by atoms with Crippen LogP contribution in [0.1, 0.15) is 27.7 Å². The number of amides is 2. The number of hydrazine groups is 1. The van der Waals surface area contributed by atoms with Crippen LogP contribution in [0.2, 0.25) is 0 Å². The topological polar surface area (TPSA) is 87.5 Å². The SMILES string of the molecule is CC(C(=O)NN)C(C)N1CCNC(=O)C1(C)C. The van der Waals surface area contributed by atoms with E-state index in [-0.39, 0.29) is 23.8 Å². The Bertz CT molecular complexity index is 317. The summed E-state index contributed by atoms with van der Waals surface area (Å²) in [6.45, 7) is 8.84. The smallest absolute Gasteiger partial charge is 0.240 e. The molecule has 1 aliphatic rings. The molecule has 98 valence electrons. The van der Waals surface area contributed by atoms with E-state index in [1.54, 1.807) is 0 Å². The van der Waals surface area contributed by atoms with Gasteiger partial charge in [0, 0.05) is 19.1 Å². The lowest BCUT2D eigenvalue weighted by Gasteiger charge is -2.46. The molecule has 2 amide bonds. The summed E-state index contributed by atoms with van der Waals surface area (Å²) >= 11 is 0. The zero-order chi connectivity index (χ0) is 13.2. The molecule has 1 fully saturated rings. The van der Waals surface area contributed by atoms with Gasteiger partial charge in [-0.3, -0.25) is 19.9 Å². The average molecular weight is 242 g/mol. The number of hydrogen-bond donors (Lipinski definition) is 3. The highest BCUT2D eigenvalue weighted by atomic mass is 16.2. The quantitative estimate of drug-likeness (QED) is 0.344. The van der Waals surface area contributed by atoms with Gasteiger partial charge < -0.3 is 5.32 Å². The second-order valence-electron chi connectivity index (χ2n) is 5.05. The summed E-state index contributed by atoms with van der Waals surface area (Å²) in [5.74, 6) is 4.67. The van der Waals surface area contributed by atoms with Gasteiger partial charge in [-0.25, -0.2) is 5.84 Å². The summed E-state index contributed by atoms with van der Waals surface area (Å²) in [4.78, 5) is 25.4. The average Bonchev–Trinajstić information content (AvgIpc) is 2.29. The summed E-state index contributed by atoms with van der Waals surface area (Å²) in [6, 6.07) is -0.0420. The third-order valence-electron chi connectivity index (χ3n) is 3.68. The molecule has 2 unspecified atom stereocenters. The maximum atomic E-state index is 11.8. The molecule has 6 heteroatoms. The molecule has 0 radical (unpaired) electrons. The van der Waals surface area contributed by atoms with Crippen molar-refractivity contribution in [2.45, 2.75) is 39.3 Å². The lowest BCUT2D eigenvalue weighted by molar-refractivity contribution is -0.140. The highest BCUT2D eigenvalue weighted by Crippen LogP contribution is 2.24. The number of nitrogens with one attached hydrogen (secondary N) is 2. The minimum atomic E-state index is -0.596. The molecule has 0 bridgehead atoms. The fraction of sp³-hybridized carbons (Fsp3) is 0.818. The van der Waals surface area contributed by atoms with E-state index in [1.807, 2.05) is 32.6 Å². The van der Waals surface area contributed by atoms with Crippen LogP contribution in [-0.4, -0.2) is 41.4 Å². The summed E-state index contributed by atoms with van der Waals surface area (Å²) in [5.41, 5.74) is 1.56. The predicted molar refractivity (Wildman–Crippen MR) is 64.8 cm³/mol. The summed E-state index contributed by atoms with van der Waals surface area (Å²) < 4.78 is 0. The van der Waals surface area contributed by atoms with Crippen LogP contribution in [-0.2, 0) is 9.59 Å². The second-order valence-corrected chi connectivity index (χ2v) is 5.05. The van der Waals surface area contributed by atoms with E-state index < -0.39 is 5.54 Å². The van der Waals surface area contributed by atoms with Gasteiger partial charge in [-0.2, -0.15) is 0 Å². The maximum absolute atomic E-state index is 11.8. The van der Waals surface area contributed by atoms with Gasteiger partial charge in [0.05, 0.1) is 11.5 Å². The van der Waals surface area contributed by atoms with Crippen molar-refractivity contribution in [3.63, 3.8) is 0 Å². The lowest BCUT2D eigenvalue weighted by atomic mass is 9.92. The van der Waals surface area contributed by atoms with Gasteiger partial charge in [-0.1, -0.05) is 6.92 Å². The zero-order valence-electron chi connectivity index (χ0n) is 10.9. The number of carbonyl (C=O) groups excluding carboxylic acids is 2. The normalized spacial score (nSPS) is 23.7. The third kappa shape index (κ3) is 2.58. The van der Waals surface area contributed by atoms with Gasteiger partial charge in [0.15, 0.2) is 0 Å². The Morgan fingerprint density at radius 2 is 2.12 bits per heavy atom. The predicted octanol–water partition coefficient (Wildman–Crippen LogP) is -0.789. The molecule has 1 heterocycles. The Morgan fingerprint density at radius 1 is 1.53 bits per heavy atom. The van der Waals surface area contributed by atoms with Crippen molar-refractivity contribution in [3.8, 4) is 0 Å². The van der Waals surface area contributed by atoms with Crippen LogP contribution in [0.4, 0.5) is 0 Å². The molecular formula is C11H22N4O2. The highest BCUT2D eigenvalue weighted by molar-refractivity contribution is 5.86. The molecule has 0 saturated carbocycles. The highest BCUT2D eigenvalue weighted by Gasteiger charge is 2.42. The molecule has 0 aliphatic carbocycles. The number of carbonyl (C=O) groups is 2. The molecule has 0 aromatic rings. The Morgan fingerprint density at radius 3 is 2.65 bits per heavy atom. The minimum absolute atomic E-state index is 0.00374. The van der Waals surface area contributed by atoms with Crippen LogP contribution >= 0.6 is 0 Å². The van der Waals surface area contributed by atoms with E-state index in [0.29, 0.717) is 6.54 Å². The Balaban J connectivity index is 2.83. The number of piperazine rings is 1. The van der Waals surface area contributed by atoms with E-state index in [4.69, 9.17) is 5.84 Å². The van der Waals surface area contributed by atoms with Gasteiger partial charge in [-0.15, -0.1) is 0 Å². The number of nitrogens with zero attached hydrogens (tertiary/aromatic N) is 1. The third-order valence-corrected chi connectivity index (χ3v) is 3.68. The summed E-state index contributed by atoms with van der Waals surface area (Å²) in [6.07, 6.45) is 0. The Hall–Kier alpha value is -1.14. The molecule has 0 aromatic carbocycles. The van der Waals surface area contributed by atoms with Gasteiger partial charge >= 0.3 is 0 Å². The first-order valence-electron chi connectivity index (χ1n) is 5.88. The van der Waals surface area contributed by atoms with E-state index in [2.05, 4.69) is 10.7 Å². The van der Waals surface area contributed by atoms with Crippen LogP contribution in [0, 0.1) is 5.92 Å². The van der Waals surface area contributed by atoms with Crippen LogP contribution in [0.5, 0.6) is 0 Å². The molecule has 2 atom stereocenters. The second kappa shape index (κ2) is 5.01. The standard InChI is InChI=1S/C11H22N4O2/c1-7(9(16)14-12)8(2)15-6-5-13-10(17)11(15,3)4/h7-8H,5-6,12H2,1-4H3,(H,13,17)(H,14,16). The van der Waals surface area contributed by atoms with Crippen LogP contribution in [0.15, 0.2) is 0 Å². The molecule has 1 rings (SSSR count). The number of rotatable bonds is 3. The molecule has 17 heavy (non-hydrogen) atoms. The number of nitrogens with two attached hydrogens (primary N) is 1. The fourth-order valence-corrected chi connectivity index (χ4v) is 2.25. The van der Waals surface area contributed by atoms with E-state index in [1.165, 1.54) is 0 Å². The first-order chi connectivity index (χ1) is 7.82. The molecule has 1 saturated heterocycles. The Kier molecular flexibility index (Phi) is 4.11. The van der Waals surface area contributed by atoms with Crippen LogP contribution in [0.25, 0.3) is 0 Å². The first-order valence-corrected chi connectivity index (χ1v) is 5.88. The van der Waals surface area contributed by atoms with Gasteiger partial charge in [-0.05, 0) is 20.8 Å². The summed E-state index contributed by atoms with van der Waals surface area (Å²) in [7, 11) is 0. The molecular weight excluding hydrogens is 220 g/mol. The monoisotopic (exact) mass is 242 g/mol. The van der Waals surface area contributed by atoms with Gasteiger partial charge in [0.1, 0.15) is 0 Å². The maximum Gasteiger partial charge on any atom is 0.240 e. The van der Waals surface area contributed by atoms with E-state index >= 15 is 0 Å². The first kappa shape index (κ1) is 13.9. The van der Waals surface area contributed by atoms with Crippen molar-refractivity contribution in [2.75, 3.05) is 13.1 Å². The minimum Gasteiger partial charge on any atom is -0.353 e. The molecule has 0 aromatic heterocycles. The van der Waals surface area contributed by atoms with Crippen molar-refractivity contribution < 1.29 is 9.59 Å². The van der Waals surface area contributed by atoms with Crippen LogP contribution in [0.3, 0.4) is 0 Å². The lowest BCUT2D eigenvalue weighted by Crippen LogP contribution is -2.65. The van der Waals surface area contributed by atoms with Crippen LogP contribution < -0.4 is 16.6 Å². The van der Waals surface area contributed by atoms with Crippen molar-refractivity contribution in [2.24, 2.45) is 11.8 Å². The zero-order valence-corrected chi connectivity index (χ0v) is 10.9. The van der Waals surface area contributed by atoms with E-state index in [9.17, 15) is 9.59 Å². The van der Waals surface area contributed by atoms with Gasteiger partial charge in [0.2, 0.25) is 11.8 Å². The largest absolute Gasteiger partial charge is 0.353 e. The van der Waals surface area contributed by atoms with Crippen molar-refractivity contribution in [1.82, 2.24) is 15.6 Å². The van der Waals surface area contributed by atoms with Gasteiger partial charge in [0.25, 0.3) is 0 Å². The van der Waals surface area contributed by atoms with E-state index in [0.717, 1.165) is 6.54 Å². The Labute approximate surface area is 102 Å². The fourth-order valence-electron chi connectivity index (χ4n) is 2.25. The van der Waals surface area contributed by atoms with Crippen molar-refractivity contribution >= 4 is 11.8 Å². The van der Waals surface area contributed by atoms with Crippen molar-refractivity contribution in [3.05, 3.63) is 0 Å².